The Kier molecular flexibility index (Phi) is 3.85. The maximum Gasteiger partial charge on any atom is 0.267 e. The van der Waals surface area contributed by atoms with Gasteiger partial charge in [-0.25, -0.2) is 9.97 Å². The summed E-state index contributed by atoms with van der Waals surface area (Å²) in [4.78, 5) is 39.3. The standard InChI is InChI=1S/C15H17N5O2S/c1-9-6-10(12(16)21)19-14(18-9)15(2)4-3-5-20(15)13(22)11-7-17-8-23-11/h6-8H,3-5H2,1-2H3,(H2,16,21)/t15-/m0/s1. The van der Waals surface area contributed by atoms with Crippen LogP contribution in [0.5, 0.6) is 0 Å². The van der Waals surface area contributed by atoms with Crippen molar-refractivity contribution in [3.05, 3.63) is 39.9 Å². The molecule has 0 aliphatic carbocycles. The van der Waals surface area contributed by atoms with Gasteiger partial charge >= 0.3 is 0 Å². The third-order valence-corrected chi connectivity index (χ3v) is 4.88. The maximum atomic E-state index is 12.7. The molecule has 1 aliphatic rings. The van der Waals surface area contributed by atoms with E-state index < -0.39 is 11.4 Å². The molecule has 120 valence electrons. The quantitative estimate of drug-likeness (QED) is 0.918. The molecule has 23 heavy (non-hydrogen) atoms. The molecule has 1 aliphatic heterocycles. The topological polar surface area (TPSA) is 102 Å². The molecule has 3 rings (SSSR count). The summed E-state index contributed by atoms with van der Waals surface area (Å²) in [6.45, 7) is 4.33. The molecule has 7 nitrogen and oxygen atoms in total. The summed E-state index contributed by atoms with van der Waals surface area (Å²) in [5, 5.41) is 0. The van der Waals surface area contributed by atoms with Gasteiger partial charge in [0.1, 0.15) is 16.1 Å². The monoisotopic (exact) mass is 331 g/mol. The van der Waals surface area contributed by atoms with E-state index in [0.29, 0.717) is 22.9 Å². The van der Waals surface area contributed by atoms with Crippen LogP contribution in [0.25, 0.3) is 0 Å². The molecule has 2 aromatic heterocycles. The highest BCUT2D eigenvalue weighted by Crippen LogP contribution is 2.38. The van der Waals surface area contributed by atoms with Gasteiger partial charge in [-0.2, -0.15) is 0 Å². The minimum atomic E-state index is -0.655. The van der Waals surface area contributed by atoms with Gasteiger partial charge in [0.15, 0.2) is 5.82 Å². The molecule has 0 unspecified atom stereocenters. The summed E-state index contributed by atoms with van der Waals surface area (Å²) in [7, 11) is 0. The highest BCUT2D eigenvalue weighted by Gasteiger charge is 2.44. The van der Waals surface area contributed by atoms with Crippen LogP contribution in [0.4, 0.5) is 0 Å². The Balaban J connectivity index is 2.03. The number of rotatable bonds is 3. The summed E-state index contributed by atoms with van der Waals surface area (Å²) in [5.74, 6) is -0.224. The van der Waals surface area contributed by atoms with Crippen LogP contribution in [0.15, 0.2) is 17.8 Å². The van der Waals surface area contributed by atoms with E-state index in [-0.39, 0.29) is 11.6 Å². The van der Waals surface area contributed by atoms with E-state index in [9.17, 15) is 9.59 Å². The number of carbonyl (C=O) groups excluding carboxylic acids is 2. The first-order valence-corrected chi connectivity index (χ1v) is 8.16. The van der Waals surface area contributed by atoms with Crippen LogP contribution in [0.3, 0.4) is 0 Å². The van der Waals surface area contributed by atoms with Crippen molar-refractivity contribution in [2.75, 3.05) is 6.54 Å². The number of primary amides is 1. The first kappa shape index (κ1) is 15.5. The lowest BCUT2D eigenvalue weighted by atomic mass is 9.97. The first-order chi connectivity index (χ1) is 10.9. The van der Waals surface area contributed by atoms with Crippen molar-refractivity contribution in [2.24, 2.45) is 5.73 Å². The number of aromatic nitrogens is 3. The maximum absolute atomic E-state index is 12.7. The van der Waals surface area contributed by atoms with Gasteiger partial charge in [-0.05, 0) is 32.8 Å². The fraction of sp³-hybridized carbons (Fsp3) is 0.400. The Labute approximate surface area is 137 Å². The lowest BCUT2D eigenvalue weighted by Crippen LogP contribution is -2.44. The summed E-state index contributed by atoms with van der Waals surface area (Å²) < 4.78 is 0. The van der Waals surface area contributed by atoms with E-state index in [1.54, 1.807) is 29.6 Å². The average Bonchev–Trinajstić information content (AvgIpc) is 3.16. The van der Waals surface area contributed by atoms with E-state index in [2.05, 4.69) is 15.0 Å². The number of hydrogen-bond acceptors (Lipinski definition) is 6. The second kappa shape index (κ2) is 5.69. The van der Waals surface area contributed by atoms with Crippen LogP contribution >= 0.6 is 11.3 Å². The SMILES string of the molecule is Cc1cc(C(N)=O)nc([C@]2(C)CCCN2C(=O)c2cncs2)n1. The van der Waals surface area contributed by atoms with E-state index >= 15 is 0 Å². The highest BCUT2D eigenvalue weighted by molar-refractivity contribution is 7.11. The van der Waals surface area contributed by atoms with Crippen molar-refractivity contribution in [1.29, 1.82) is 0 Å². The Morgan fingerprint density at radius 2 is 2.17 bits per heavy atom. The molecule has 3 heterocycles. The number of thiazole rings is 1. The summed E-state index contributed by atoms with van der Waals surface area (Å²) in [6.07, 6.45) is 3.15. The molecule has 0 radical (unpaired) electrons. The molecule has 0 saturated carbocycles. The minimum Gasteiger partial charge on any atom is -0.364 e. The van der Waals surface area contributed by atoms with Gasteiger partial charge < -0.3 is 10.6 Å². The van der Waals surface area contributed by atoms with E-state index in [1.807, 2.05) is 6.92 Å². The van der Waals surface area contributed by atoms with Crippen LogP contribution in [0.1, 0.15) is 51.4 Å². The lowest BCUT2D eigenvalue weighted by Gasteiger charge is -2.33. The number of carbonyl (C=O) groups is 2. The predicted molar refractivity (Wildman–Crippen MR) is 85.0 cm³/mol. The van der Waals surface area contributed by atoms with Crippen molar-refractivity contribution in [2.45, 2.75) is 32.2 Å². The second-order valence-corrected chi connectivity index (χ2v) is 6.67. The van der Waals surface area contributed by atoms with Crippen molar-refractivity contribution < 1.29 is 9.59 Å². The molecule has 8 heteroatoms. The third kappa shape index (κ3) is 2.70. The largest absolute Gasteiger partial charge is 0.364 e. The summed E-state index contributed by atoms with van der Waals surface area (Å²) in [5.41, 5.74) is 7.15. The number of likely N-dealkylation sites (tertiary alicyclic amines) is 1. The second-order valence-electron chi connectivity index (χ2n) is 5.78. The number of nitrogens with two attached hydrogens (primary N) is 1. The van der Waals surface area contributed by atoms with Crippen LogP contribution in [0.2, 0.25) is 0 Å². The van der Waals surface area contributed by atoms with Crippen molar-refractivity contribution >= 4 is 23.2 Å². The zero-order valence-electron chi connectivity index (χ0n) is 12.9. The van der Waals surface area contributed by atoms with Gasteiger partial charge in [-0.1, -0.05) is 0 Å². The van der Waals surface area contributed by atoms with Gasteiger partial charge in [0.05, 0.1) is 11.7 Å². The molecule has 1 saturated heterocycles. The zero-order valence-corrected chi connectivity index (χ0v) is 13.8. The summed E-state index contributed by atoms with van der Waals surface area (Å²) >= 11 is 1.31. The molecule has 1 fully saturated rings. The number of hydrogen-bond donors (Lipinski definition) is 1. The normalized spacial score (nSPS) is 20.7. The van der Waals surface area contributed by atoms with Gasteiger partial charge in [-0.3, -0.25) is 14.6 Å². The highest BCUT2D eigenvalue weighted by atomic mass is 32.1. The Hall–Kier alpha value is -2.35. The molecular weight excluding hydrogens is 314 g/mol. The fourth-order valence-corrected chi connectivity index (χ4v) is 3.48. The van der Waals surface area contributed by atoms with Gasteiger partial charge in [-0.15, -0.1) is 11.3 Å². The van der Waals surface area contributed by atoms with E-state index in [4.69, 9.17) is 5.73 Å². The molecule has 1 atom stereocenters. The van der Waals surface area contributed by atoms with Crippen LogP contribution in [-0.4, -0.2) is 38.2 Å². The van der Waals surface area contributed by atoms with Gasteiger partial charge in [0, 0.05) is 12.2 Å². The van der Waals surface area contributed by atoms with Crippen LogP contribution < -0.4 is 5.73 Å². The molecule has 0 bridgehead atoms. The summed E-state index contributed by atoms with van der Waals surface area (Å²) in [6, 6.07) is 1.56. The Morgan fingerprint density at radius 1 is 1.39 bits per heavy atom. The fourth-order valence-electron chi connectivity index (χ4n) is 2.91. The van der Waals surface area contributed by atoms with Crippen LogP contribution in [-0.2, 0) is 5.54 Å². The van der Waals surface area contributed by atoms with E-state index in [0.717, 1.165) is 12.8 Å². The molecule has 2 aromatic rings. The zero-order chi connectivity index (χ0) is 16.6. The molecule has 2 amide bonds. The first-order valence-electron chi connectivity index (χ1n) is 7.28. The van der Waals surface area contributed by atoms with E-state index in [1.165, 1.54) is 11.3 Å². The average molecular weight is 331 g/mol. The number of aryl methyl sites for hydroxylation is 1. The molecule has 0 aromatic carbocycles. The third-order valence-electron chi connectivity index (χ3n) is 4.12. The van der Waals surface area contributed by atoms with Gasteiger partial charge in [0.2, 0.25) is 0 Å². The van der Waals surface area contributed by atoms with Crippen LogP contribution in [0, 0.1) is 6.92 Å². The molecule has 2 N–H and O–H groups in total. The number of amides is 2. The van der Waals surface area contributed by atoms with Crippen molar-refractivity contribution in [3.63, 3.8) is 0 Å². The number of nitrogens with zero attached hydrogens (tertiary/aromatic N) is 4. The predicted octanol–water partition coefficient (Wildman–Crippen LogP) is 1.49. The van der Waals surface area contributed by atoms with Crippen molar-refractivity contribution in [3.8, 4) is 0 Å². The lowest BCUT2D eigenvalue weighted by molar-refractivity contribution is 0.0608. The Bertz CT molecular complexity index is 761. The van der Waals surface area contributed by atoms with Crippen molar-refractivity contribution in [1.82, 2.24) is 19.9 Å². The molecular formula is C15H17N5O2S. The van der Waals surface area contributed by atoms with Gasteiger partial charge in [0.25, 0.3) is 11.8 Å². The smallest absolute Gasteiger partial charge is 0.267 e. The minimum absolute atomic E-state index is 0.0850. The molecule has 0 spiro atoms. The Morgan fingerprint density at radius 3 is 2.83 bits per heavy atom.